The molecular formula is C11H15ClN2O. The molecule has 0 bridgehead atoms. The zero-order valence-corrected chi connectivity index (χ0v) is 9.64. The highest BCUT2D eigenvalue weighted by atomic mass is 35.5. The topological polar surface area (TPSA) is 59.1 Å². The van der Waals surface area contributed by atoms with E-state index >= 15 is 0 Å². The summed E-state index contributed by atoms with van der Waals surface area (Å²) in [5.74, 6) is 0.724. The van der Waals surface area contributed by atoms with Gasteiger partial charge in [0.15, 0.2) is 6.10 Å². The third kappa shape index (κ3) is 3.13. The fourth-order valence-corrected chi connectivity index (χ4v) is 1.38. The Labute approximate surface area is 94.7 Å². The molecular weight excluding hydrogens is 212 g/mol. The van der Waals surface area contributed by atoms with Crippen molar-refractivity contribution in [1.29, 1.82) is 5.41 Å². The van der Waals surface area contributed by atoms with Crippen LogP contribution >= 0.6 is 11.6 Å². The van der Waals surface area contributed by atoms with Crippen molar-refractivity contribution in [2.24, 2.45) is 5.73 Å². The SMILES string of the molecule is CCC(Oc1cc(Cl)ccc1C)C(=N)N. The highest BCUT2D eigenvalue weighted by Crippen LogP contribution is 2.23. The Bertz CT molecular complexity index is 366. The standard InChI is InChI=1S/C11H15ClN2O/c1-3-9(11(13)14)15-10-6-8(12)5-4-7(10)2/h4-6,9H,3H2,1-2H3,(H3,13,14). The smallest absolute Gasteiger partial charge is 0.155 e. The second kappa shape index (κ2) is 5.03. The number of aryl methyl sites for hydroxylation is 1. The Kier molecular flexibility index (Phi) is 3.97. The number of nitrogens with one attached hydrogen (secondary N) is 1. The number of rotatable bonds is 4. The predicted molar refractivity (Wildman–Crippen MR) is 62.8 cm³/mol. The molecule has 4 heteroatoms. The van der Waals surface area contributed by atoms with Gasteiger partial charge in [0.05, 0.1) is 0 Å². The molecule has 1 unspecified atom stereocenters. The van der Waals surface area contributed by atoms with Crippen molar-refractivity contribution in [3.63, 3.8) is 0 Å². The van der Waals surface area contributed by atoms with Gasteiger partial charge in [-0.3, -0.25) is 5.41 Å². The summed E-state index contributed by atoms with van der Waals surface area (Å²) >= 11 is 5.86. The first-order valence-electron chi connectivity index (χ1n) is 4.81. The number of hydrogen-bond donors (Lipinski definition) is 2. The summed E-state index contributed by atoms with van der Waals surface area (Å²) in [6, 6.07) is 5.42. The fourth-order valence-electron chi connectivity index (χ4n) is 1.22. The molecule has 0 aromatic heterocycles. The zero-order valence-electron chi connectivity index (χ0n) is 8.88. The number of benzene rings is 1. The minimum atomic E-state index is -0.373. The largest absolute Gasteiger partial charge is 0.482 e. The van der Waals surface area contributed by atoms with E-state index in [4.69, 9.17) is 27.5 Å². The average molecular weight is 227 g/mol. The van der Waals surface area contributed by atoms with Gasteiger partial charge in [0, 0.05) is 5.02 Å². The van der Waals surface area contributed by atoms with Crippen LogP contribution in [0.2, 0.25) is 5.02 Å². The van der Waals surface area contributed by atoms with Crippen molar-refractivity contribution in [1.82, 2.24) is 0 Å². The molecule has 1 atom stereocenters. The summed E-state index contributed by atoms with van der Waals surface area (Å²) in [7, 11) is 0. The minimum Gasteiger partial charge on any atom is -0.482 e. The molecule has 3 N–H and O–H groups in total. The molecule has 15 heavy (non-hydrogen) atoms. The van der Waals surface area contributed by atoms with Gasteiger partial charge in [-0.15, -0.1) is 0 Å². The van der Waals surface area contributed by atoms with Crippen molar-refractivity contribution in [3.05, 3.63) is 28.8 Å². The second-order valence-electron chi connectivity index (χ2n) is 3.38. The monoisotopic (exact) mass is 226 g/mol. The van der Waals surface area contributed by atoms with Gasteiger partial charge < -0.3 is 10.5 Å². The summed E-state index contributed by atoms with van der Waals surface area (Å²) in [6.07, 6.45) is 0.295. The van der Waals surface area contributed by atoms with Gasteiger partial charge in [-0.1, -0.05) is 24.6 Å². The van der Waals surface area contributed by atoms with Gasteiger partial charge in [0.2, 0.25) is 0 Å². The first kappa shape index (κ1) is 11.9. The van der Waals surface area contributed by atoms with E-state index < -0.39 is 0 Å². The number of hydrogen-bond acceptors (Lipinski definition) is 2. The van der Waals surface area contributed by atoms with E-state index in [1.807, 2.05) is 19.9 Å². The predicted octanol–water partition coefficient (Wildman–Crippen LogP) is 2.74. The molecule has 0 spiro atoms. The Morgan fingerprint density at radius 3 is 2.80 bits per heavy atom. The zero-order chi connectivity index (χ0) is 11.4. The van der Waals surface area contributed by atoms with E-state index in [2.05, 4.69) is 0 Å². The van der Waals surface area contributed by atoms with Crippen molar-refractivity contribution in [3.8, 4) is 5.75 Å². The highest BCUT2D eigenvalue weighted by Gasteiger charge is 2.12. The van der Waals surface area contributed by atoms with Crippen LogP contribution in [0.5, 0.6) is 5.75 Å². The van der Waals surface area contributed by atoms with Crippen LogP contribution in [0, 0.1) is 12.3 Å². The number of nitrogens with two attached hydrogens (primary N) is 1. The lowest BCUT2D eigenvalue weighted by Crippen LogP contribution is -2.32. The molecule has 1 aromatic carbocycles. The maximum atomic E-state index is 7.34. The summed E-state index contributed by atoms with van der Waals surface area (Å²) in [4.78, 5) is 0. The molecule has 0 aliphatic rings. The van der Waals surface area contributed by atoms with Crippen LogP contribution in [0.25, 0.3) is 0 Å². The lowest BCUT2D eigenvalue weighted by atomic mass is 10.2. The lowest BCUT2D eigenvalue weighted by molar-refractivity contribution is 0.258. The lowest BCUT2D eigenvalue weighted by Gasteiger charge is -2.17. The molecule has 82 valence electrons. The first-order valence-corrected chi connectivity index (χ1v) is 5.19. The maximum absolute atomic E-state index is 7.34. The van der Waals surface area contributed by atoms with Gasteiger partial charge in [0.1, 0.15) is 11.6 Å². The van der Waals surface area contributed by atoms with E-state index in [0.717, 1.165) is 5.56 Å². The summed E-state index contributed by atoms with van der Waals surface area (Å²) in [5.41, 5.74) is 6.39. The minimum absolute atomic E-state index is 0.0388. The van der Waals surface area contributed by atoms with E-state index in [9.17, 15) is 0 Å². The van der Waals surface area contributed by atoms with Crippen LogP contribution in [0.1, 0.15) is 18.9 Å². The molecule has 0 saturated heterocycles. The van der Waals surface area contributed by atoms with Crippen LogP contribution < -0.4 is 10.5 Å². The Hall–Kier alpha value is -1.22. The molecule has 0 radical (unpaired) electrons. The normalized spacial score (nSPS) is 12.2. The van der Waals surface area contributed by atoms with Gasteiger partial charge in [0.25, 0.3) is 0 Å². The maximum Gasteiger partial charge on any atom is 0.155 e. The Morgan fingerprint density at radius 1 is 1.60 bits per heavy atom. The molecule has 1 rings (SSSR count). The van der Waals surface area contributed by atoms with E-state index in [0.29, 0.717) is 17.2 Å². The highest BCUT2D eigenvalue weighted by molar-refractivity contribution is 6.30. The average Bonchev–Trinajstić information content (AvgIpc) is 2.18. The van der Waals surface area contributed by atoms with Gasteiger partial charge in [-0.2, -0.15) is 0 Å². The summed E-state index contributed by atoms with van der Waals surface area (Å²) < 4.78 is 5.60. The molecule has 1 aromatic rings. The Balaban J connectivity index is 2.87. The van der Waals surface area contributed by atoms with Crippen molar-refractivity contribution >= 4 is 17.4 Å². The van der Waals surface area contributed by atoms with E-state index in [1.165, 1.54) is 0 Å². The first-order chi connectivity index (χ1) is 7.04. The van der Waals surface area contributed by atoms with E-state index in [1.54, 1.807) is 12.1 Å². The van der Waals surface area contributed by atoms with Crippen LogP contribution in [0.15, 0.2) is 18.2 Å². The van der Waals surface area contributed by atoms with Gasteiger partial charge >= 0.3 is 0 Å². The number of ether oxygens (including phenoxy) is 1. The summed E-state index contributed by atoms with van der Waals surface area (Å²) in [5, 5.41) is 7.96. The molecule has 0 aliphatic heterocycles. The van der Waals surface area contributed by atoms with E-state index in [-0.39, 0.29) is 11.9 Å². The van der Waals surface area contributed by atoms with Crippen molar-refractivity contribution in [2.75, 3.05) is 0 Å². The van der Waals surface area contributed by atoms with Gasteiger partial charge in [-0.25, -0.2) is 0 Å². The van der Waals surface area contributed by atoms with Gasteiger partial charge in [-0.05, 0) is 31.0 Å². The molecule has 0 saturated carbocycles. The van der Waals surface area contributed by atoms with Crippen LogP contribution in [-0.4, -0.2) is 11.9 Å². The third-order valence-corrected chi connectivity index (χ3v) is 2.37. The second-order valence-corrected chi connectivity index (χ2v) is 3.82. The molecule has 0 aliphatic carbocycles. The molecule has 0 amide bonds. The van der Waals surface area contributed by atoms with Crippen LogP contribution in [0.4, 0.5) is 0 Å². The van der Waals surface area contributed by atoms with Crippen molar-refractivity contribution < 1.29 is 4.74 Å². The molecule has 3 nitrogen and oxygen atoms in total. The van der Waals surface area contributed by atoms with Crippen LogP contribution in [-0.2, 0) is 0 Å². The third-order valence-electron chi connectivity index (χ3n) is 2.14. The fraction of sp³-hybridized carbons (Fsp3) is 0.364. The quantitative estimate of drug-likeness (QED) is 0.613. The van der Waals surface area contributed by atoms with Crippen molar-refractivity contribution in [2.45, 2.75) is 26.4 Å². The number of amidine groups is 1. The molecule has 0 heterocycles. The molecule has 0 fully saturated rings. The summed E-state index contributed by atoms with van der Waals surface area (Å²) in [6.45, 7) is 3.85. The van der Waals surface area contributed by atoms with Crippen LogP contribution in [0.3, 0.4) is 0 Å². The Morgan fingerprint density at radius 2 is 2.27 bits per heavy atom. The number of halogens is 1.